The summed E-state index contributed by atoms with van der Waals surface area (Å²) in [5, 5.41) is 15.2. The van der Waals surface area contributed by atoms with Crippen LogP contribution in [0.5, 0.6) is 0 Å². The molecule has 0 aliphatic carbocycles. The minimum Gasteiger partial charge on any atom is -0.344 e. The summed E-state index contributed by atoms with van der Waals surface area (Å²) in [6.07, 6.45) is 1.70. The van der Waals surface area contributed by atoms with Crippen molar-refractivity contribution < 1.29 is 9.59 Å². The highest BCUT2D eigenvalue weighted by atomic mass is 79.9. The number of amides is 2. The summed E-state index contributed by atoms with van der Waals surface area (Å²) in [5.41, 5.74) is 2.02. The third kappa shape index (κ3) is 8.33. The third-order valence-corrected chi connectivity index (χ3v) is 6.54. The van der Waals surface area contributed by atoms with Crippen molar-refractivity contribution in [2.75, 3.05) is 5.32 Å². The Morgan fingerprint density at radius 3 is 2.47 bits per heavy atom. The van der Waals surface area contributed by atoms with Crippen molar-refractivity contribution in [3.05, 3.63) is 64.6 Å². The molecule has 0 radical (unpaired) electrons. The summed E-state index contributed by atoms with van der Waals surface area (Å²) in [5.74, 6) is -0.214. The molecule has 2 aromatic carbocycles. The summed E-state index contributed by atoms with van der Waals surface area (Å²) in [6, 6.07) is 16.7. The number of anilines is 1. The quantitative estimate of drug-likeness (QED) is 0.342. The van der Waals surface area contributed by atoms with E-state index in [9.17, 15) is 9.59 Å². The molecular weight excluding hydrogens is 512 g/mol. The van der Waals surface area contributed by atoms with Crippen LogP contribution in [0.15, 0.2) is 59.1 Å². The first-order valence-electron chi connectivity index (χ1n) is 11.3. The molecule has 0 aliphatic heterocycles. The molecule has 0 saturated heterocycles. The van der Waals surface area contributed by atoms with Gasteiger partial charge in [0.05, 0.1) is 0 Å². The van der Waals surface area contributed by atoms with Crippen LogP contribution >= 0.6 is 27.3 Å². The SMILES string of the molecule is CC(CC(=O)NC(Cc1ccccc1)C(=O)Nc1nnc(-c2cccc(Br)c2)s1)CC(C)(C)C. The Bertz CT molecular complexity index is 1110. The number of hydrogen-bond acceptors (Lipinski definition) is 5. The van der Waals surface area contributed by atoms with Crippen LogP contribution in [0.1, 0.15) is 46.1 Å². The second-order valence-corrected chi connectivity index (χ2v) is 11.7. The van der Waals surface area contributed by atoms with Crippen LogP contribution in [-0.4, -0.2) is 28.1 Å². The fourth-order valence-corrected chi connectivity index (χ4v) is 5.09. The molecule has 2 amide bonds. The fraction of sp³-hybridized carbons (Fsp3) is 0.385. The Labute approximate surface area is 213 Å². The summed E-state index contributed by atoms with van der Waals surface area (Å²) in [7, 11) is 0. The van der Waals surface area contributed by atoms with Gasteiger partial charge in [-0.3, -0.25) is 14.9 Å². The van der Waals surface area contributed by atoms with Gasteiger partial charge >= 0.3 is 0 Å². The summed E-state index contributed by atoms with van der Waals surface area (Å²) < 4.78 is 0.942. The number of carbonyl (C=O) groups is 2. The Hall–Kier alpha value is -2.58. The van der Waals surface area contributed by atoms with Crippen LogP contribution in [0.25, 0.3) is 10.6 Å². The number of carbonyl (C=O) groups excluding carboxylic acids is 2. The van der Waals surface area contributed by atoms with E-state index in [4.69, 9.17) is 0 Å². The largest absolute Gasteiger partial charge is 0.344 e. The third-order valence-electron chi connectivity index (χ3n) is 5.16. The van der Waals surface area contributed by atoms with Gasteiger partial charge in [-0.25, -0.2) is 0 Å². The molecule has 0 spiro atoms. The van der Waals surface area contributed by atoms with Crippen LogP contribution in [0, 0.1) is 11.3 Å². The topological polar surface area (TPSA) is 84.0 Å². The maximum Gasteiger partial charge on any atom is 0.249 e. The van der Waals surface area contributed by atoms with Crippen molar-refractivity contribution in [3.8, 4) is 10.6 Å². The number of nitrogens with one attached hydrogen (secondary N) is 2. The molecule has 2 N–H and O–H groups in total. The zero-order chi connectivity index (χ0) is 24.7. The summed E-state index contributed by atoms with van der Waals surface area (Å²) in [6.45, 7) is 8.56. The van der Waals surface area contributed by atoms with E-state index in [0.29, 0.717) is 23.0 Å². The maximum absolute atomic E-state index is 13.2. The van der Waals surface area contributed by atoms with Gasteiger partial charge in [-0.05, 0) is 35.4 Å². The molecule has 34 heavy (non-hydrogen) atoms. The van der Waals surface area contributed by atoms with E-state index in [1.54, 1.807) is 0 Å². The van der Waals surface area contributed by atoms with E-state index in [1.807, 2.05) is 54.6 Å². The molecule has 0 fully saturated rings. The first kappa shape index (κ1) is 26.0. The molecule has 180 valence electrons. The van der Waals surface area contributed by atoms with Crippen molar-refractivity contribution in [2.45, 2.75) is 53.0 Å². The normalized spacial score (nSPS) is 13.2. The Balaban J connectivity index is 1.70. The van der Waals surface area contributed by atoms with Gasteiger partial charge in [0.15, 0.2) is 0 Å². The monoisotopic (exact) mass is 542 g/mol. The van der Waals surface area contributed by atoms with Crippen molar-refractivity contribution in [1.82, 2.24) is 15.5 Å². The van der Waals surface area contributed by atoms with Crippen molar-refractivity contribution in [3.63, 3.8) is 0 Å². The minimum atomic E-state index is -0.713. The van der Waals surface area contributed by atoms with E-state index in [1.165, 1.54) is 11.3 Å². The highest BCUT2D eigenvalue weighted by molar-refractivity contribution is 9.10. The van der Waals surface area contributed by atoms with Crippen LogP contribution < -0.4 is 10.6 Å². The second-order valence-electron chi connectivity index (χ2n) is 9.80. The van der Waals surface area contributed by atoms with E-state index in [-0.39, 0.29) is 23.1 Å². The first-order chi connectivity index (χ1) is 16.1. The highest BCUT2D eigenvalue weighted by Crippen LogP contribution is 2.28. The van der Waals surface area contributed by atoms with Crippen molar-refractivity contribution >= 4 is 44.2 Å². The molecular formula is C26H31BrN4O2S. The van der Waals surface area contributed by atoms with E-state index in [0.717, 1.165) is 22.0 Å². The molecule has 3 aromatic rings. The standard InChI is InChI=1S/C26H31BrN4O2S/c1-17(16-26(2,3)4)13-22(32)28-21(14-18-9-6-5-7-10-18)23(33)29-25-31-30-24(34-25)19-11-8-12-20(27)15-19/h5-12,15,17,21H,13-14,16H2,1-4H3,(H,28,32)(H,29,31,33). The van der Waals surface area contributed by atoms with E-state index >= 15 is 0 Å². The van der Waals surface area contributed by atoms with E-state index < -0.39 is 6.04 Å². The molecule has 3 rings (SSSR count). The lowest BCUT2D eigenvalue weighted by molar-refractivity contribution is -0.127. The summed E-state index contributed by atoms with van der Waals surface area (Å²) >= 11 is 4.75. The van der Waals surface area contributed by atoms with Gasteiger partial charge in [-0.15, -0.1) is 10.2 Å². The Kier molecular flexibility index (Phi) is 8.97. The number of nitrogens with zero attached hydrogens (tertiary/aromatic N) is 2. The molecule has 0 aliphatic rings. The summed E-state index contributed by atoms with van der Waals surface area (Å²) in [4.78, 5) is 26.0. The van der Waals surface area contributed by atoms with Gasteiger partial charge in [-0.2, -0.15) is 0 Å². The number of hydrogen-bond donors (Lipinski definition) is 2. The Morgan fingerprint density at radius 1 is 1.06 bits per heavy atom. The minimum absolute atomic E-state index is 0.125. The smallest absolute Gasteiger partial charge is 0.249 e. The molecule has 2 atom stereocenters. The molecule has 6 nitrogen and oxygen atoms in total. The van der Waals surface area contributed by atoms with Gasteiger partial charge in [0.2, 0.25) is 16.9 Å². The zero-order valence-electron chi connectivity index (χ0n) is 20.0. The Morgan fingerprint density at radius 2 is 1.79 bits per heavy atom. The average molecular weight is 544 g/mol. The lowest BCUT2D eigenvalue weighted by Crippen LogP contribution is -2.45. The molecule has 0 bridgehead atoms. The molecule has 1 aromatic heterocycles. The van der Waals surface area contributed by atoms with Crippen LogP contribution in [-0.2, 0) is 16.0 Å². The van der Waals surface area contributed by atoms with Gasteiger partial charge < -0.3 is 5.32 Å². The van der Waals surface area contributed by atoms with E-state index in [2.05, 4.69) is 64.5 Å². The first-order valence-corrected chi connectivity index (χ1v) is 12.9. The van der Waals surface area contributed by atoms with Gasteiger partial charge in [0.1, 0.15) is 11.0 Å². The molecule has 1 heterocycles. The predicted molar refractivity (Wildman–Crippen MR) is 142 cm³/mol. The molecule has 0 saturated carbocycles. The van der Waals surface area contributed by atoms with Crippen LogP contribution in [0.4, 0.5) is 5.13 Å². The second kappa shape index (κ2) is 11.7. The fourth-order valence-electron chi connectivity index (χ4n) is 3.95. The van der Waals surface area contributed by atoms with Crippen LogP contribution in [0.3, 0.4) is 0 Å². The van der Waals surface area contributed by atoms with Crippen molar-refractivity contribution in [2.24, 2.45) is 11.3 Å². The number of rotatable bonds is 9. The zero-order valence-corrected chi connectivity index (χ0v) is 22.4. The number of benzene rings is 2. The van der Waals surface area contributed by atoms with Gasteiger partial charge in [0, 0.05) is 22.9 Å². The van der Waals surface area contributed by atoms with Crippen LogP contribution in [0.2, 0.25) is 0 Å². The molecule has 2 unspecified atom stereocenters. The number of aromatic nitrogens is 2. The average Bonchev–Trinajstić information content (AvgIpc) is 3.21. The van der Waals surface area contributed by atoms with Gasteiger partial charge in [0.25, 0.3) is 0 Å². The lowest BCUT2D eigenvalue weighted by Gasteiger charge is -2.24. The maximum atomic E-state index is 13.2. The van der Waals surface area contributed by atoms with Gasteiger partial charge in [-0.1, -0.05) is 97.4 Å². The predicted octanol–water partition coefficient (Wildman–Crippen LogP) is 6.10. The highest BCUT2D eigenvalue weighted by Gasteiger charge is 2.25. The number of halogens is 1. The molecule has 8 heteroatoms. The van der Waals surface area contributed by atoms with Crippen molar-refractivity contribution in [1.29, 1.82) is 0 Å². The lowest BCUT2D eigenvalue weighted by atomic mass is 9.84.